The average molecular weight is 344 g/mol. The third-order valence-corrected chi connectivity index (χ3v) is 4.74. The van der Waals surface area contributed by atoms with E-state index in [0.717, 1.165) is 11.8 Å². The number of nitrogens with two attached hydrogens (primary N) is 1. The van der Waals surface area contributed by atoms with Gasteiger partial charge in [-0.05, 0) is 36.4 Å². The number of amidine groups is 1. The molecule has 24 heavy (non-hydrogen) atoms. The summed E-state index contributed by atoms with van der Waals surface area (Å²) in [6, 6.07) is 7.14. The van der Waals surface area contributed by atoms with Crippen LogP contribution in [0.3, 0.4) is 0 Å². The number of halogens is 1. The Balaban J connectivity index is 2.20. The fourth-order valence-corrected chi connectivity index (χ4v) is 3.59. The lowest BCUT2D eigenvalue weighted by Crippen LogP contribution is -2.38. The molecule has 2 aliphatic heterocycles. The normalized spacial score (nSPS) is 19.8. The lowest BCUT2D eigenvalue weighted by Gasteiger charge is -2.34. The number of thioether (sulfide) groups is 1. The van der Waals surface area contributed by atoms with Crippen LogP contribution in [0.1, 0.15) is 18.5 Å². The summed E-state index contributed by atoms with van der Waals surface area (Å²) < 4.78 is 18.2. The summed E-state index contributed by atoms with van der Waals surface area (Å²) >= 11 is 1.14. The molecule has 3 rings (SSSR count). The summed E-state index contributed by atoms with van der Waals surface area (Å²) in [4.78, 5) is 18.6. The number of allylic oxidation sites excluding steroid dienone is 2. The number of hydrogen-bond acceptors (Lipinski definition) is 7. The zero-order chi connectivity index (χ0) is 17.4. The lowest BCUT2D eigenvalue weighted by atomic mass is 9.94. The van der Waals surface area contributed by atoms with Gasteiger partial charge in [-0.25, -0.2) is 14.2 Å². The molecule has 0 spiro atoms. The van der Waals surface area contributed by atoms with Gasteiger partial charge in [0.2, 0.25) is 0 Å². The molecule has 8 heteroatoms. The molecule has 0 fully saturated rings. The fraction of sp³-hybridized carbons (Fsp3) is 0.188. The molecule has 0 aliphatic carbocycles. The largest absolute Gasteiger partial charge is 0.466 e. The molecule has 0 saturated heterocycles. The fourth-order valence-electron chi connectivity index (χ4n) is 2.67. The first-order valence-electron chi connectivity index (χ1n) is 6.98. The van der Waals surface area contributed by atoms with Crippen LogP contribution in [0, 0.1) is 17.1 Å². The zero-order valence-corrected chi connectivity index (χ0v) is 13.7. The van der Waals surface area contributed by atoms with Crippen molar-refractivity contribution >= 4 is 22.9 Å². The van der Waals surface area contributed by atoms with Gasteiger partial charge in [0.15, 0.2) is 5.17 Å². The molecule has 2 aliphatic rings. The number of carbonyl (C=O) groups excluding carboxylic acids is 1. The van der Waals surface area contributed by atoms with Gasteiger partial charge in [0.05, 0.1) is 24.4 Å². The van der Waals surface area contributed by atoms with Crippen molar-refractivity contribution < 1.29 is 13.9 Å². The Labute approximate surface area is 142 Å². The molecule has 1 unspecified atom stereocenters. The molecule has 1 aromatic rings. The maximum atomic E-state index is 13.3. The number of esters is 1. The number of ether oxygens (including phenoxy) is 1. The van der Waals surface area contributed by atoms with E-state index in [0.29, 0.717) is 26.9 Å². The van der Waals surface area contributed by atoms with Gasteiger partial charge in [0.25, 0.3) is 0 Å². The quantitative estimate of drug-likeness (QED) is 0.828. The second-order valence-electron chi connectivity index (χ2n) is 5.14. The number of nitrogens with zero attached hydrogens (tertiary/aromatic N) is 3. The molecule has 1 aromatic carbocycles. The topological polar surface area (TPSA) is 91.7 Å². The highest BCUT2D eigenvalue weighted by atomic mass is 32.2. The van der Waals surface area contributed by atoms with Crippen molar-refractivity contribution in [3.8, 4) is 6.07 Å². The van der Waals surface area contributed by atoms with Crippen molar-refractivity contribution in [2.45, 2.75) is 13.0 Å². The van der Waals surface area contributed by atoms with Crippen LogP contribution < -0.4 is 5.73 Å². The molecular formula is C16H13FN4O2S. The molecule has 6 nitrogen and oxygen atoms in total. The van der Waals surface area contributed by atoms with Crippen molar-refractivity contribution in [3.05, 3.63) is 57.6 Å². The first kappa shape index (κ1) is 16.1. The SMILES string of the molecule is COC(=O)C1=C(C)N=C2SC(C#N)=C(N)N2C1c1ccc(F)cc1. The number of methoxy groups -OCH3 is 1. The van der Waals surface area contributed by atoms with E-state index in [-0.39, 0.29) is 11.6 Å². The van der Waals surface area contributed by atoms with Gasteiger partial charge < -0.3 is 10.5 Å². The molecule has 2 N–H and O–H groups in total. The van der Waals surface area contributed by atoms with Crippen molar-refractivity contribution in [1.29, 1.82) is 5.26 Å². The standard InChI is InChI=1S/C16H13FN4O2S/c1-8-12(15(22)23-2)13(9-3-5-10(17)6-4-9)21-14(19)11(7-18)24-16(21)20-8/h3-6,13H,19H2,1-2H3. The smallest absolute Gasteiger partial charge is 0.338 e. The number of fused-ring (bicyclic) bond motifs is 1. The van der Waals surface area contributed by atoms with Crippen LogP contribution in [0.2, 0.25) is 0 Å². The third-order valence-electron chi connectivity index (χ3n) is 3.77. The van der Waals surface area contributed by atoms with Gasteiger partial charge in [-0.3, -0.25) is 4.90 Å². The molecule has 0 bridgehead atoms. The first-order chi connectivity index (χ1) is 11.5. The molecule has 0 saturated carbocycles. The first-order valence-corrected chi connectivity index (χ1v) is 7.79. The van der Waals surface area contributed by atoms with Crippen molar-refractivity contribution in [2.75, 3.05) is 7.11 Å². The number of hydrogen-bond donors (Lipinski definition) is 1. The Hall–Kier alpha value is -2.79. The number of aliphatic imine (C=N–C) groups is 1. The van der Waals surface area contributed by atoms with Crippen molar-refractivity contribution in [1.82, 2.24) is 4.90 Å². The summed E-state index contributed by atoms with van der Waals surface area (Å²) in [6.07, 6.45) is 0. The molecule has 1 atom stereocenters. The number of nitriles is 1. The summed E-state index contributed by atoms with van der Waals surface area (Å²) in [5.41, 5.74) is 7.50. The summed E-state index contributed by atoms with van der Waals surface area (Å²) in [5, 5.41) is 9.72. The number of rotatable bonds is 2. The van der Waals surface area contributed by atoms with Gasteiger partial charge in [-0.1, -0.05) is 12.1 Å². The van der Waals surface area contributed by atoms with E-state index in [1.54, 1.807) is 24.0 Å². The molecule has 0 radical (unpaired) electrons. The van der Waals surface area contributed by atoms with Crippen LogP contribution in [-0.4, -0.2) is 23.1 Å². The predicted octanol–water partition coefficient (Wildman–Crippen LogP) is 2.38. The van der Waals surface area contributed by atoms with Crippen molar-refractivity contribution in [3.63, 3.8) is 0 Å². The Bertz CT molecular complexity index is 852. The van der Waals surface area contributed by atoms with Crippen LogP contribution in [0.25, 0.3) is 0 Å². The van der Waals surface area contributed by atoms with Crippen LogP contribution in [0.15, 0.2) is 51.3 Å². The molecule has 0 aromatic heterocycles. The lowest BCUT2D eigenvalue weighted by molar-refractivity contribution is -0.136. The predicted molar refractivity (Wildman–Crippen MR) is 87.5 cm³/mol. The Morgan fingerprint density at radius 1 is 1.46 bits per heavy atom. The van der Waals surface area contributed by atoms with E-state index in [4.69, 9.17) is 10.5 Å². The summed E-state index contributed by atoms with van der Waals surface area (Å²) in [6.45, 7) is 1.69. The minimum Gasteiger partial charge on any atom is -0.466 e. The highest BCUT2D eigenvalue weighted by Crippen LogP contribution is 2.45. The Morgan fingerprint density at radius 3 is 2.71 bits per heavy atom. The summed E-state index contributed by atoms with van der Waals surface area (Å²) in [5.74, 6) is -0.724. The molecule has 0 amide bonds. The third kappa shape index (κ3) is 2.43. The van der Waals surface area contributed by atoms with E-state index in [1.165, 1.54) is 19.2 Å². The Morgan fingerprint density at radius 2 is 2.12 bits per heavy atom. The maximum Gasteiger partial charge on any atom is 0.338 e. The number of benzene rings is 1. The van der Waals surface area contributed by atoms with Gasteiger partial charge >= 0.3 is 5.97 Å². The highest BCUT2D eigenvalue weighted by Gasteiger charge is 2.42. The minimum absolute atomic E-state index is 0.212. The minimum atomic E-state index is -0.635. The van der Waals surface area contributed by atoms with E-state index in [1.807, 2.05) is 6.07 Å². The second kappa shape index (κ2) is 6.02. The summed E-state index contributed by atoms with van der Waals surface area (Å²) in [7, 11) is 1.28. The van der Waals surface area contributed by atoms with Gasteiger partial charge in [0.1, 0.15) is 22.6 Å². The second-order valence-corrected chi connectivity index (χ2v) is 6.11. The molecule has 122 valence electrons. The molecular weight excluding hydrogens is 331 g/mol. The number of carbonyl (C=O) groups is 1. The van der Waals surface area contributed by atoms with Crippen LogP contribution >= 0.6 is 11.8 Å². The van der Waals surface area contributed by atoms with Gasteiger partial charge in [-0.2, -0.15) is 5.26 Å². The average Bonchev–Trinajstić information content (AvgIpc) is 2.89. The maximum absolute atomic E-state index is 13.3. The van der Waals surface area contributed by atoms with Crippen LogP contribution in [0.4, 0.5) is 4.39 Å². The van der Waals surface area contributed by atoms with Crippen LogP contribution in [-0.2, 0) is 9.53 Å². The molecule has 2 heterocycles. The monoisotopic (exact) mass is 344 g/mol. The van der Waals surface area contributed by atoms with E-state index >= 15 is 0 Å². The Kier molecular flexibility index (Phi) is 4.03. The van der Waals surface area contributed by atoms with E-state index in [2.05, 4.69) is 4.99 Å². The van der Waals surface area contributed by atoms with E-state index < -0.39 is 12.0 Å². The van der Waals surface area contributed by atoms with Crippen molar-refractivity contribution in [2.24, 2.45) is 10.7 Å². The highest BCUT2D eigenvalue weighted by molar-refractivity contribution is 8.17. The van der Waals surface area contributed by atoms with Crippen LogP contribution in [0.5, 0.6) is 0 Å². The van der Waals surface area contributed by atoms with E-state index in [9.17, 15) is 14.4 Å². The van der Waals surface area contributed by atoms with Gasteiger partial charge in [0, 0.05) is 0 Å². The zero-order valence-electron chi connectivity index (χ0n) is 12.9. The van der Waals surface area contributed by atoms with Gasteiger partial charge in [-0.15, -0.1) is 0 Å².